The van der Waals surface area contributed by atoms with Gasteiger partial charge in [0.15, 0.2) is 0 Å². The molecule has 8 nitrogen and oxygen atoms in total. The van der Waals surface area contributed by atoms with Gasteiger partial charge >= 0.3 is 12.1 Å². The van der Waals surface area contributed by atoms with Gasteiger partial charge in [-0.05, 0) is 49.8 Å². The highest BCUT2D eigenvalue weighted by Crippen LogP contribution is 2.44. The van der Waals surface area contributed by atoms with Crippen LogP contribution in [-0.2, 0) is 9.53 Å². The molecule has 1 aliphatic carbocycles. The summed E-state index contributed by atoms with van der Waals surface area (Å²) in [5.74, 6) is -1.31. The molecule has 0 aliphatic heterocycles. The molecular weight excluding hydrogens is 492 g/mol. The molecule has 33 heavy (non-hydrogen) atoms. The number of hydrogen-bond donors (Lipinski definition) is 2. The van der Waals surface area contributed by atoms with Crippen molar-refractivity contribution >= 4 is 33.7 Å². The Hall–Kier alpha value is -3.72. The molecule has 0 saturated carbocycles. The lowest BCUT2D eigenvalue weighted by Crippen LogP contribution is -2.31. The Kier molecular flexibility index (Phi) is 6.41. The van der Waals surface area contributed by atoms with Gasteiger partial charge in [0.2, 0.25) is 0 Å². The zero-order valence-corrected chi connectivity index (χ0v) is 18.8. The van der Waals surface area contributed by atoms with Crippen molar-refractivity contribution in [2.75, 3.05) is 6.61 Å². The van der Waals surface area contributed by atoms with E-state index in [0.29, 0.717) is 5.56 Å². The molecule has 2 N–H and O–H groups in total. The summed E-state index contributed by atoms with van der Waals surface area (Å²) in [5, 5.41) is 23.1. The fourth-order valence-electron chi connectivity index (χ4n) is 4.10. The number of rotatable bonds is 7. The van der Waals surface area contributed by atoms with E-state index >= 15 is 0 Å². The van der Waals surface area contributed by atoms with E-state index in [1.54, 1.807) is 0 Å². The highest BCUT2D eigenvalue weighted by atomic mass is 79.9. The van der Waals surface area contributed by atoms with Gasteiger partial charge in [0.05, 0.1) is 21.9 Å². The zero-order chi connectivity index (χ0) is 23.5. The zero-order valence-electron chi connectivity index (χ0n) is 17.2. The van der Waals surface area contributed by atoms with E-state index in [2.05, 4.69) is 21.2 Å². The second kappa shape index (κ2) is 9.41. The van der Waals surface area contributed by atoms with Crippen LogP contribution in [-0.4, -0.2) is 28.7 Å². The average Bonchev–Trinajstić information content (AvgIpc) is 3.11. The van der Waals surface area contributed by atoms with Crippen molar-refractivity contribution in [3.8, 4) is 11.1 Å². The largest absolute Gasteiger partial charge is 0.481 e. The lowest BCUT2D eigenvalue weighted by atomic mass is 9.98. The Morgan fingerprint density at radius 3 is 2.24 bits per heavy atom. The van der Waals surface area contributed by atoms with Crippen molar-refractivity contribution in [1.82, 2.24) is 5.32 Å². The second-order valence-corrected chi connectivity index (χ2v) is 8.44. The molecule has 9 heteroatoms. The van der Waals surface area contributed by atoms with Gasteiger partial charge in [0, 0.05) is 12.0 Å². The van der Waals surface area contributed by atoms with Crippen LogP contribution in [0.25, 0.3) is 11.1 Å². The highest BCUT2D eigenvalue weighted by molar-refractivity contribution is 9.10. The van der Waals surface area contributed by atoms with E-state index in [0.717, 1.165) is 22.3 Å². The molecular formula is C24H19BrN2O6. The first kappa shape index (κ1) is 22.5. The number of amides is 1. The fraction of sp³-hybridized carbons (Fsp3) is 0.167. The quantitative estimate of drug-likeness (QED) is 0.323. The van der Waals surface area contributed by atoms with E-state index in [-0.39, 0.29) is 22.7 Å². The number of hydrogen-bond acceptors (Lipinski definition) is 5. The number of carbonyl (C=O) groups is 2. The molecule has 0 radical (unpaired) electrons. The maximum absolute atomic E-state index is 12.6. The van der Waals surface area contributed by atoms with Gasteiger partial charge in [-0.15, -0.1) is 0 Å². The summed E-state index contributed by atoms with van der Waals surface area (Å²) >= 11 is 3.10. The normalized spacial score (nSPS) is 13.0. The third-order valence-corrected chi connectivity index (χ3v) is 6.25. The molecule has 0 heterocycles. The molecule has 3 aromatic carbocycles. The van der Waals surface area contributed by atoms with Crippen LogP contribution in [0.3, 0.4) is 0 Å². The molecule has 1 aliphatic rings. The molecule has 0 aromatic heterocycles. The van der Waals surface area contributed by atoms with Crippen LogP contribution in [0.2, 0.25) is 0 Å². The molecule has 168 valence electrons. The van der Waals surface area contributed by atoms with Crippen LogP contribution in [0.5, 0.6) is 0 Å². The Labute approximate surface area is 197 Å². The van der Waals surface area contributed by atoms with Gasteiger partial charge in [-0.1, -0.05) is 54.6 Å². The number of ether oxygens (including phenoxy) is 1. The van der Waals surface area contributed by atoms with Crippen LogP contribution in [0, 0.1) is 10.1 Å². The summed E-state index contributed by atoms with van der Waals surface area (Å²) in [4.78, 5) is 34.6. The van der Waals surface area contributed by atoms with Crippen LogP contribution in [0.1, 0.15) is 35.1 Å². The van der Waals surface area contributed by atoms with E-state index in [9.17, 15) is 24.8 Å². The van der Waals surface area contributed by atoms with Crippen molar-refractivity contribution in [3.05, 3.63) is 98.0 Å². The lowest BCUT2D eigenvalue weighted by Gasteiger charge is -2.19. The van der Waals surface area contributed by atoms with Gasteiger partial charge in [-0.3, -0.25) is 14.9 Å². The van der Waals surface area contributed by atoms with E-state index in [1.807, 2.05) is 48.5 Å². The number of carboxylic acid groups (broad SMARTS) is 1. The third kappa shape index (κ3) is 4.73. The minimum absolute atomic E-state index is 0.0696. The first-order valence-corrected chi connectivity index (χ1v) is 10.9. The third-order valence-electron chi connectivity index (χ3n) is 5.58. The van der Waals surface area contributed by atoms with E-state index in [1.165, 1.54) is 18.2 Å². The molecule has 4 rings (SSSR count). The molecule has 3 aromatic rings. The van der Waals surface area contributed by atoms with Gasteiger partial charge in [-0.2, -0.15) is 0 Å². The summed E-state index contributed by atoms with van der Waals surface area (Å²) in [6.45, 7) is 0.0696. The first-order valence-electron chi connectivity index (χ1n) is 10.1. The van der Waals surface area contributed by atoms with Crippen molar-refractivity contribution in [3.63, 3.8) is 0 Å². The number of nitro groups is 1. The Bertz CT molecular complexity index is 1200. The summed E-state index contributed by atoms with van der Waals surface area (Å²) < 4.78 is 5.74. The number of nitrogens with one attached hydrogen (secondary N) is 1. The van der Waals surface area contributed by atoms with Crippen LogP contribution < -0.4 is 5.32 Å². The Balaban J connectivity index is 1.51. The Morgan fingerprint density at radius 2 is 1.67 bits per heavy atom. The van der Waals surface area contributed by atoms with E-state index < -0.39 is 29.4 Å². The smallest absolute Gasteiger partial charge is 0.407 e. The van der Waals surface area contributed by atoms with Gasteiger partial charge in [0.25, 0.3) is 5.69 Å². The number of alkyl carbamates (subject to hydrolysis) is 1. The second-order valence-electron chi connectivity index (χ2n) is 7.59. The number of aliphatic carboxylic acids is 1. The fourth-order valence-corrected chi connectivity index (χ4v) is 4.49. The summed E-state index contributed by atoms with van der Waals surface area (Å²) in [6.07, 6.45) is -1.25. The minimum atomic E-state index is -1.16. The lowest BCUT2D eigenvalue weighted by molar-refractivity contribution is -0.385. The predicted octanol–water partition coefficient (Wildman–Crippen LogP) is 5.41. The van der Waals surface area contributed by atoms with E-state index in [4.69, 9.17) is 4.74 Å². The van der Waals surface area contributed by atoms with Crippen molar-refractivity contribution in [2.24, 2.45) is 0 Å². The van der Waals surface area contributed by atoms with Crippen LogP contribution >= 0.6 is 15.9 Å². The summed E-state index contributed by atoms with van der Waals surface area (Å²) in [5.41, 5.74) is 4.35. The minimum Gasteiger partial charge on any atom is -0.481 e. The van der Waals surface area contributed by atoms with Crippen molar-refractivity contribution < 1.29 is 24.4 Å². The van der Waals surface area contributed by atoms with Gasteiger partial charge < -0.3 is 15.2 Å². The molecule has 1 amide bonds. The predicted molar refractivity (Wildman–Crippen MR) is 124 cm³/mol. The maximum atomic E-state index is 12.6. The van der Waals surface area contributed by atoms with Crippen molar-refractivity contribution in [2.45, 2.75) is 18.4 Å². The van der Waals surface area contributed by atoms with Crippen LogP contribution in [0.4, 0.5) is 10.5 Å². The number of fused-ring (bicyclic) bond motifs is 3. The molecule has 0 fully saturated rings. The van der Waals surface area contributed by atoms with Crippen molar-refractivity contribution in [1.29, 1.82) is 0 Å². The van der Waals surface area contributed by atoms with Crippen LogP contribution in [0.15, 0.2) is 71.2 Å². The topological polar surface area (TPSA) is 119 Å². The monoisotopic (exact) mass is 510 g/mol. The molecule has 1 atom stereocenters. The number of carbonyl (C=O) groups excluding carboxylic acids is 1. The molecule has 0 bridgehead atoms. The molecule has 0 spiro atoms. The number of carboxylic acids is 1. The maximum Gasteiger partial charge on any atom is 0.407 e. The van der Waals surface area contributed by atoms with Gasteiger partial charge in [0.1, 0.15) is 6.61 Å². The average molecular weight is 511 g/mol. The Morgan fingerprint density at radius 1 is 1.06 bits per heavy atom. The molecule has 0 unspecified atom stereocenters. The highest BCUT2D eigenvalue weighted by Gasteiger charge is 2.29. The summed E-state index contributed by atoms with van der Waals surface area (Å²) in [6, 6.07) is 19.0. The molecule has 0 saturated heterocycles. The number of halogens is 1. The number of benzene rings is 3. The summed E-state index contributed by atoms with van der Waals surface area (Å²) in [7, 11) is 0. The number of nitro benzene ring substituents is 1. The number of nitrogens with zero attached hydrogens (tertiary/aromatic N) is 1. The first-order chi connectivity index (χ1) is 15.8. The van der Waals surface area contributed by atoms with Gasteiger partial charge in [-0.25, -0.2) is 4.79 Å². The standard InChI is InChI=1S/C24H19BrN2O6/c25-20-10-9-14(11-22(20)27(31)32)21(12-23(28)29)26-24(30)33-13-19-17-7-3-1-5-15(17)16-6-2-4-8-18(16)19/h1-11,19,21H,12-13H2,(H,26,30)(H,28,29)/t21-/m0/s1. The SMILES string of the molecule is O=C(O)C[C@H](NC(=O)OCC1c2ccccc2-c2ccccc21)c1ccc(Br)c([N+](=O)[O-])c1.